The van der Waals surface area contributed by atoms with Crippen molar-refractivity contribution < 1.29 is 4.39 Å². The monoisotopic (exact) mass is 355 g/mol. The highest BCUT2D eigenvalue weighted by molar-refractivity contribution is 7.80. The average Bonchev–Trinajstić information content (AvgIpc) is 3.04. The van der Waals surface area contributed by atoms with Crippen LogP contribution in [-0.2, 0) is 6.54 Å². The van der Waals surface area contributed by atoms with Gasteiger partial charge in [-0.05, 0) is 42.8 Å². The van der Waals surface area contributed by atoms with E-state index in [1.54, 1.807) is 12.1 Å². The minimum atomic E-state index is -0.358. The topological polar surface area (TPSA) is 18.5 Å². The normalized spacial score (nSPS) is 20.0. The predicted octanol–water partition coefficient (Wildman–Crippen LogP) is 3.41. The maximum absolute atomic E-state index is 13.2. The maximum atomic E-state index is 13.2. The molecule has 0 amide bonds. The summed E-state index contributed by atoms with van der Waals surface area (Å²) in [5.74, 6) is -0.358. The number of nitrogens with one attached hydrogen (secondary N) is 1. The summed E-state index contributed by atoms with van der Waals surface area (Å²) < 4.78 is 13.2. The number of thiocarbonyl (C=S) groups is 1. The van der Waals surface area contributed by atoms with Crippen molar-refractivity contribution in [1.29, 1.82) is 0 Å². The van der Waals surface area contributed by atoms with Gasteiger partial charge >= 0.3 is 0 Å². The molecule has 1 aliphatic carbocycles. The van der Waals surface area contributed by atoms with Crippen LogP contribution >= 0.6 is 23.8 Å². The number of piperazine rings is 1. The molecule has 1 heterocycles. The summed E-state index contributed by atoms with van der Waals surface area (Å²) in [6.07, 6.45) is 5.11. The molecule has 2 fully saturated rings. The first-order valence-corrected chi connectivity index (χ1v) is 9.12. The van der Waals surface area contributed by atoms with E-state index in [0.717, 1.165) is 43.4 Å². The molecule has 3 nitrogen and oxygen atoms in total. The van der Waals surface area contributed by atoms with E-state index in [4.69, 9.17) is 23.8 Å². The van der Waals surface area contributed by atoms with Crippen LogP contribution in [0.3, 0.4) is 0 Å². The molecule has 0 radical (unpaired) electrons. The summed E-state index contributed by atoms with van der Waals surface area (Å²) in [5, 5.41) is 4.61. The smallest absolute Gasteiger partial charge is 0.169 e. The van der Waals surface area contributed by atoms with Gasteiger partial charge in [-0.1, -0.05) is 30.5 Å². The molecular weight excluding hydrogens is 333 g/mol. The van der Waals surface area contributed by atoms with Gasteiger partial charge in [0.15, 0.2) is 5.11 Å². The van der Waals surface area contributed by atoms with Crippen LogP contribution in [0.5, 0.6) is 0 Å². The summed E-state index contributed by atoms with van der Waals surface area (Å²) in [6, 6.07) is 5.53. The SMILES string of the molecule is Fc1ccc(CN2CCN(C(=S)NC3CCCC3)CC2)cc1Cl. The Labute approximate surface area is 147 Å². The summed E-state index contributed by atoms with van der Waals surface area (Å²) >= 11 is 11.4. The van der Waals surface area contributed by atoms with Gasteiger partial charge in [0.1, 0.15) is 5.82 Å². The van der Waals surface area contributed by atoms with Gasteiger partial charge in [0, 0.05) is 38.8 Å². The quantitative estimate of drug-likeness (QED) is 0.837. The van der Waals surface area contributed by atoms with Crippen LogP contribution in [0, 0.1) is 5.82 Å². The summed E-state index contributed by atoms with van der Waals surface area (Å²) in [5.41, 5.74) is 1.05. The Kier molecular flexibility index (Phi) is 5.72. The van der Waals surface area contributed by atoms with E-state index in [0.29, 0.717) is 6.04 Å². The number of rotatable bonds is 3. The van der Waals surface area contributed by atoms with Gasteiger partial charge in [0.2, 0.25) is 0 Å². The van der Waals surface area contributed by atoms with E-state index in [-0.39, 0.29) is 10.8 Å². The second-order valence-corrected chi connectivity index (χ2v) is 7.24. The van der Waals surface area contributed by atoms with Gasteiger partial charge in [-0.25, -0.2) is 4.39 Å². The molecule has 0 unspecified atom stereocenters. The molecule has 2 aliphatic rings. The van der Waals surface area contributed by atoms with Gasteiger partial charge in [-0.15, -0.1) is 0 Å². The molecule has 0 aromatic heterocycles. The Morgan fingerprint density at radius 1 is 1.22 bits per heavy atom. The average molecular weight is 356 g/mol. The van der Waals surface area contributed by atoms with Gasteiger partial charge in [-0.2, -0.15) is 0 Å². The van der Waals surface area contributed by atoms with Crippen LogP contribution in [0.2, 0.25) is 5.02 Å². The zero-order chi connectivity index (χ0) is 16.2. The Morgan fingerprint density at radius 2 is 1.91 bits per heavy atom. The maximum Gasteiger partial charge on any atom is 0.169 e. The molecular formula is C17H23ClFN3S. The van der Waals surface area contributed by atoms with Crippen molar-refractivity contribution in [2.24, 2.45) is 0 Å². The molecule has 126 valence electrons. The highest BCUT2D eigenvalue weighted by Gasteiger charge is 2.22. The van der Waals surface area contributed by atoms with Crippen molar-refractivity contribution in [3.8, 4) is 0 Å². The van der Waals surface area contributed by atoms with E-state index in [9.17, 15) is 4.39 Å². The minimum absolute atomic E-state index is 0.197. The fourth-order valence-electron chi connectivity index (χ4n) is 3.34. The molecule has 1 N–H and O–H groups in total. The second-order valence-electron chi connectivity index (χ2n) is 6.44. The van der Waals surface area contributed by atoms with E-state index >= 15 is 0 Å². The molecule has 1 aromatic rings. The van der Waals surface area contributed by atoms with Crippen molar-refractivity contribution in [1.82, 2.24) is 15.1 Å². The molecule has 1 saturated carbocycles. The highest BCUT2D eigenvalue weighted by Crippen LogP contribution is 2.19. The first-order chi connectivity index (χ1) is 11.1. The van der Waals surface area contributed by atoms with Crippen molar-refractivity contribution >= 4 is 28.9 Å². The number of hydrogen-bond acceptors (Lipinski definition) is 2. The van der Waals surface area contributed by atoms with Crippen LogP contribution in [0.1, 0.15) is 31.2 Å². The molecule has 0 spiro atoms. The Hall–Kier alpha value is -0.910. The number of hydrogen-bond donors (Lipinski definition) is 1. The van der Waals surface area contributed by atoms with Crippen LogP contribution in [-0.4, -0.2) is 47.1 Å². The first kappa shape index (κ1) is 16.9. The summed E-state index contributed by atoms with van der Waals surface area (Å²) in [6.45, 7) is 4.60. The van der Waals surface area contributed by atoms with Crippen LogP contribution in [0.4, 0.5) is 4.39 Å². The van der Waals surface area contributed by atoms with E-state index in [2.05, 4.69) is 15.1 Å². The van der Waals surface area contributed by atoms with Gasteiger partial charge < -0.3 is 10.2 Å². The van der Waals surface area contributed by atoms with E-state index in [1.807, 2.05) is 0 Å². The molecule has 1 aliphatic heterocycles. The van der Waals surface area contributed by atoms with Gasteiger partial charge in [-0.3, -0.25) is 4.90 Å². The van der Waals surface area contributed by atoms with Crippen molar-refractivity contribution in [3.63, 3.8) is 0 Å². The second kappa shape index (κ2) is 7.77. The van der Waals surface area contributed by atoms with Crippen LogP contribution in [0.25, 0.3) is 0 Å². The van der Waals surface area contributed by atoms with Gasteiger partial charge in [0.05, 0.1) is 5.02 Å². The van der Waals surface area contributed by atoms with Crippen molar-refractivity contribution in [2.75, 3.05) is 26.2 Å². The third-order valence-electron chi connectivity index (χ3n) is 4.73. The summed E-state index contributed by atoms with van der Waals surface area (Å²) in [7, 11) is 0. The number of benzene rings is 1. The van der Waals surface area contributed by atoms with E-state index in [1.165, 1.54) is 31.7 Å². The zero-order valence-electron chi connectivity index (χ0n) is 13.2. The minimum Gasteiger partial charge on any atom is -0.360 e. The van der Waals surface area contributed by atoms with Crippen molar-refractivity contribution in [2.45, 2.75) is 38.3 Å². The molecule has 23 heavy (non-hydrogen) atoms. The molecule has 0 bridgehead atoms. The molecule has 0 atom stereocenters. The number of nitrogens with zero attached hydrogens (tertiary/aromatic N) is 2. The first-order valence-electron chi connectivity index (χ1n) is 8.33. The fourth-order valence-corrected chi connectivity index (χ4v) is 3.89. The third kappa shape index (κ3) is 4.55. The van der Waals surface area contributed by atoms with Gasteiger partial charge in [0.25, 0.3) is 0 Å². The standard InChI is InChI=1S/C17H23ClFN3S/c18-15-11-13(5-6-16(15)19)12-21-7-9-22(10-8-21)17(23)20-14-3-1-2-4-14/h5-6,11,14H,1-4,7-10,12H2,(H,20,23). The lowest BCUT2D eigenvalue weighted by Crippen LogP contribution is -2.52. The zero-order valence-corrected chi connectivity index (χ0v) is 14.8. The predicted molar refractivity (Wildman–Crippen MR) is 96.2 cm³/mol. The van der Waals surface area contributed by atoms with Crippen LogP contribution < -0.4 is 5.32 Å². The van der Waals surface area contributed by atoms with Crippen LogP contribution in [0.15, 0.2) is 18.2 Å². The Bertz CT molecular complexity index is 555. The lowest BCUT2D eigenvalue weighted by Gasteiger charge is -2.37. The van der Waals surface area contributed by atoms with E-state index < -0.39 is 0 Å². The molecule has 3 rings (SSSR count). The third-order valence-corrected chi connectivity index (χ3v) is 5.40. The summed E-state index contributed by atoms with van der Waals surface area (Å²) in [4.78, 5) is 4.63. The fraction of sp³-hybridized carbons (Fsp3) is 0.588. The molecule has 1 saturated heterocycles. The van der Waals surface area contributed by atoms with Crippen molar-refractivity contribution in [3.05, 3.63) is 34.6 Å². The largest absolute Gasteiger partial charge is 0.360 e. The number of halogens is 2. The molecule has 1 aromatic carbocycles. The lowest BCUT2D eigenvalue weighted by atomic mass is 10.2. The Morgan fingerprint density at radius 3 is 2.57 bits per heavy atom. The lowest BCUT2D eigenvalue weighted by molar-refractivity contribution is 0.174. The Balaban J connectivity index is 1.46. The highest BCUT2D eigenvalue weighted by atomic mass is 35.5. The molecule has 6 heteroatoms.